The second-order valence-corrected chi connectivity index (χ2v) is 4.06. The zero-order valence-electron chi connectivity index (χ0n) is 9.50. The van der Waals surface area contributed by atoms with Crippen LogP contribution in [0.1, 0.15) is 29.9 Å². The molecule has 0 N–H and O–H groups in total. The summed E-state index contributed by atoms with van der Waals surface area (Å²) >= 11 is 0. The molecule has 5 nitrogen and oxygen atoms in total. The maximum Gasteiger partial charge on any atom is 0.257 e. The molecule has 1 aliphatic rings. The molecule has 2 rings (SSSR count). The van der Waals surface area contributed by atoms with Gasteiger partial charge in [0.2, 0.25) is 0 Å². The Morgan fingerprint density at radius 3 is 2.56 bits per heavy atom. The number of ketones is 1. The number of carbonyl (C=O) groups excluding carboxylic acids is 1. The van der Waals surface area contributed by atoms with Crippen LogP contribution in [0.4, 0.5) is 0 Å². The molecule has 1 unspecified atom stereocenters. The van der Waals surface area contributed by atoms with Gasteiger partial charge in [0, 0.05) is 6.42 Å². The number of nitro groups is 1. The van der Waals surface area contributed by atoms with Crippen molar-refractivity contribution in [2.75, 3.05) is 0 Å². The summed E-state index contributed by atoms with van der Waals surface area (Å²) < 4.78 is 0. The summed E-state index contributed by atoms with van der Waals surface area (Å²) in [5.74, 6) is -0.949. The average molecular weight is 242 g/mol. The maximum atomic E-state index is 11.9. The number of Topliss-reactive ketones (excluding diaryl/α,β-unsaturated/α-hetero) is 1. The predicted octanol–water partition coefficient (Wildman–Crippen LogP) is 2.17. The Bertz CT molecular complexity index is 567. The van der Waals surface area contributed by atoms with E-state index in [1.54, 1.807) is 24.3 Å². The van der Waals surface area contributed by atoms with Crippen molar-refractivity contribution in [3.63, 3.8) is 0 Å². The van der Waals surface area contributed by atoms with Crippen LogP contribution in [-0.2, 0) is 4.79 Å². The first-order valence-corrected chi connectivity index (χ1v) is 5.50. The van der Waals surface area contributed by atoms with Gasteiger partial charge in [0.1, 0.15) is 5.92 Å². The molecule has 1 atom stereocenters. The second-order valence-electron chi connectivity index (χ2n) is 4.06. The first-order valence-electron chi connectivity index (χ1n) is 5.50. The molecule has 0 spiro atoms. The minimum Gasteiger partial charge on any atom is -0.298 e. The molecule has 0 aromatic heterocycles. The van der Waals surface area contributed by atoms with Crippen molar-refractivity contribution < 1.29 is 9.72 Å². The number of allylic oxidation sites excluding steroid dienone is 2. The summed E-state index contributed by atoms with van der Waals surface area (Å²) in [6, 6.07) is 8.30. The third-order valence-electron chi connectivity index (χ3n) is 2.95. The van der Waals surface area contributed by atoms with Gasteiger partial charge >= 0.3 is 0 Å². The first kappa shape index (κ1) is 12.0. The van der Waals surface area contributed by atoms with Crippen LogP contribution in [0.2, 0.25) is 0 Å². The van der Waals surface area contributed by atoms with Crippen LogP contribution in [0.25, 0.3) is 0 Å². The Morgan fingerprint density at radius 1 is 1.33 bits per heavy atom. The molecule has 0 fully saturated rings. The van der Waals surface area contributed by atoms with Gasteiger partial charge in [0.15, 0.2) is 5.78 Å². The summed E-state index contributed by atoms with van der Waals surface area (Å²) in [4.78, 5) is 22.3. The normalized spacial score (nSPS) is 18.9. The molecule has 0 bridgehead atoms. The van der Waals surface area contributed by atoms with Crippen molar-refractivity contribution in [3.05, 3.63) is 57.3 Å². The minimum atomic E-state index is -0.804. The largest absolute Gasteiger partial charge is 0.298 e. The fourth-order valence-corrected chi connectivity index (χ4v) is 2.08. The molecule has 0 amide bonds. The zero-order valence-corrected chi connectivity index (χ0v) is 9.50. The van der Waals surface area contributed by atoms with E-state index >= 15 is 0 Å². The SMILES string of the molecule is N#Cc1ccc(C2C(=O)CCC=C2[N+](=O)[O-])cc1. The summed E-state index contributed by atoms with van der Waals surface area (Å²) in [5.41, 5.74) is 0.978. The van der Waals surface area contributed by atoms with Crippen molar-refractivity contribution in [2.24, 2.45) is 0 Å². The van der Waals surface area contributed by atoms with E-state index in [2.05, 4.69) is 0 Å². The molecule has 0 aliphatic heterocycles. The Labute approximate surface area is 103 Å². The molecular formula is C13H10N2O3. The van der Waals surface area contributed by atoms with Crippen LogP contribution >= 0.6 is 0 Å². The number of nitriles is 1. The quantitative estimate of drug-likeness (QED) is 0.587. The molecule has 90 valence electrons. The van der Waals surface area contributed by atoms with Gasteiger partial charge in [-0.05, 0) is 30.2 Å². The van der Waals surface area contributed by atoms with Crippen molar-refractivity contribution in [1.29, 1.82) is 5.26 Å². The van der Waals surface area contributed by atoms with Crippen LogP contribution in [0.15, 0.2) is 36.0 Å². The predicted molar refractivity (Wildman–Crippen MR) is 63.2 cm³/mol. The summed E-state index contributed by atoms with van der Waals surface area (Å²) in [7, 11) is 0. The molecule has 1 aliphatic carbocycles. The Balaban J connectivity index is 2.42. The third-order valence-corrected chi connectivity index (χ3v) is 2.95. The molecule has 0 saturated carbocycles. The van der Waals surface area contributed by atoms with E-state index < -0.39 is 10.8 Å². The van der Waals surface area contributed by atoms with Crippen molar-refractivity contribution in [3.8, 4) is 6.07 Å². The molecular weight excluding hydrogens is 232 g/mol. The molecule has 1 aromatic rings. The monoisotopic (exact) mass is 242 g/mol. The van der Waals surface area contributed by atoms with Crippen molar-refractivity contribution in [2.45, 2.75) is 18.8 Å². The number of hydrogen-bond donors (Lipinski definition) is 0. The van der Waals surface area contributed by atoms with Gasteiger partial charge in [-0.15, -0.1) is 0 Å². The topological polar surface area (TPSA) is 84.0 Å². The van der Waals surface area contributed by atoms with Gasteiger partial charge in [-0.2, -0.15) is 5.26 Å². The van der Waals surface area contributed by atoms with E-state index in [1.165, 1.54) is 6.08 Å². The van der Waals surface area contributed by atoms with Gasteiger partial charge < -0.3 is 0 Å². The van der Waals surface area contributed by atoms with Gasteiger partial charge in [-0.3, -0.25) is 14.9 Å². The molecule has 0 radical (unpaired) electrons. The van der Waals surface area contributed by atoms with E-state index in [9.17, 15) is 14.9 Å². The minimum absolute atomic E-state index is 0.0593. The zero-order chi connectivity index (χ0) is 13.1. The lowest BCUT2D eigenvalue weighted by Gasteiger charge is -2.17. The van der Waals surface area contributed by atoms with E-state index in [0.717, 1.165) is 0 Å². The summed E-state index contributed by atoms with van der Waals surface area (Å²) in [6.45, 7) is 0. The maximum absolute atomic E-state index is 11.9. The standard InChI is InChI=1S/C13H10N2O3/c14-8-9-4-6-10(7-5-9)13-11(15(17)18)2-1-3-12(13)16/h2,4-7,13H,1,3H2. The number of rotatable bonds is 2. The lowest BCUT2D eigenvalue weighted by atomic mass is 9.85. The number of nitrogens with zero attached hydrogens (tertiary/aromatic N) is 2. The van der Waals surface area contributed by atoms with Crippen LogP contribution in [-0.4, -0.2) is 10.7 Å². The fraction of sp³-hybridized carbons (Fsp3) is 0.231. The lowest BCUT2D eigenvalue weighted by Crippen LogP contribution is -2.22. The van der Waals surface area contributed by atoms with Gasteiger partial charge in [0.05, 0.1) is 16.6 Å². The Morgan fingerprint density at radius 2 is 2.00 bits per heavy atom. The van der Waals surface area contributed by atoms with Gasteiger partial charge in [0.25, 0.3) is 5.70 Å². The summed E-state index contributed by atoms with van der Waals surface area (Å²) in [6.07, 6.45) is 2.24. The van der Waals surface area contributed by atoms with Crippen LogP contribution < -0.4 is 0 Å². The second kappa shape index (κ2) is 4.80. The molecule has 0 saturated heterocycles. The highest BCUT2D eigenvalue weighted by Crippen LogP contribution is 2.31. The average Bonchev–Trinajstić information content (AvgIpc) is 2.38. The van der Waals surface area contributed by atoms with E-state index in [-0.39, 0.29) is 11.5 Å². The van der Waals surface area contributed by atoms with E-state index in [4.69, 9.17) is 5.26 Å². The highest BCUT2D eigenvalue weighted by molar-refractivity contribution is 5.89. The van der Waals surface area contributed by atoms with Crippen LogP contribution in [0.5, 0.6) is 0 Å². The third kappa shape index (κ3) is 2.13. The van der Waals surface area contributed by atoms with Crippen molar-refractivity contribution >= 4 is 5.78 Å². The first-order chi connectivity index (χ1) is 8.63. The van der Waals surface area contributed by atoms with Crippen LogP contribution in [0.3, 0.4) is 0 Å². The fourth-order valence-electron chi connectivity index (χ4n) is 2.08. The number of hydrogen-bond acceptors (Lipinski definition) is 4. The van der Waals surface area contributed by atoms with E-state index in [0.29, 0.717) is 24.0 Å². The Kier molecular flexibility index (Phi) is 3.20. The highest BCUT2D eigenvalue weighted by Gasteiger charge is 2.35. The Hall–Kier alpha value is -2.48. The van der Waals surface area contributed by atoms with Crippen LogP contribution in [0, 0.1) is 21.4 Å². The number of benzene rings is 1. The van der Waals surface area contributed by atoms with E-state index in [1.807, 2.05) is 6.07 Å². The molecule has 0 heterocycles. The highest BCUT2D eigenvalue weighted by atomic mass is 16.6. The number of carbonyl (C=O) groups is 1. The van der Waals surface area contributed by atoms with Gasteiger partial charge in [-0.1, -0.05) is 12.1 Å². The molecule has 1 aromatic carbocycles. The summed E-state index contributed by atoms with van der Waals surface area (Å²) in [5, 5.41) is 19.6. The van der Waals surface area contributed by atoms with Gasteiger partial charge in [-0.25, -0.2) is 0 Å². The molecule has 5 heteroatoms. The molecule has 18 heavy (non-hydrogen) atoms. The lowest BCUT2D eigenvalue weighted by molar-refractivity contribution is -0.429. The van der Waals surface area contributed by atoms with Crippen molar-refractivity contribution in [1.82, 2.24) is 0 Å². The smallest absolute Gasteiger partial charge is 0.257 e.